The molecule has 1 aromatic rings. The molecule has 96 valence electrons. The Labute approximate surface area is 113 Å². The van der Waals surface area contributed by atoms with Crippen LogP contribution in [0.1, 0.15) is 26.7 Å². The van der Waals surface area contributed by atoms with Crippen LogP contribution in [0.15, 0.2) is 12.3 Å². The van der Waals surface area contributed by atoms with Crippen LogP contribution in [-0.4, -0.2) is 18.1 Å². The summed E-state index contributed by atoms with van der Waals surface area (Å²) in [7, 11) is 0. The second-order valence-corrected chi connectivity index (χ2v) is 5.09. The first kappa shape index (κ1) is 14.6. The summed E-state index contributed by atoms with van der Waals surface area (Å²) in [6.07, 6.45) is 3.63. The van der Waals surface area contributed by atoms with E-state index >= 15 is 0 Å². The second kappa shape index (κ2) is 6.43. The van der Waals surface area contributed by atoms with E-state index < -0.39 is 0 Å². The third-order valence-electron chi connectivity index (χ3n) is 3.37. The maximum atomic E-state index is 6.05. The lowest BCUT2D eigenvalue weighted by molar-refractivity contribution is 0.294. The largest absolute Gasteiger partial charge is 0.368 e. The summed E-state index contributed by atoms with van der Waals surface area (Å²) < 4.78 is 0. The lowest BCUT2D eigenvalue weighted by Crippen LogP contribution is -2.36. The molecule has 0 fully saturated rings. The molecule has 1 aromatic heterocycles. The lowest BCUT2D eigenvalue weighted by Gasteiger charge is -2.30. The Kier molecular flexibility index (Phi) is 5.50. The van der Waals surface area contributed by atoms with Gasteiger partial charge >= 0.3 is 0 Å². The fourth-order valence-electron chi connectivity index (χ4n) is 1.68. The summed E-state index contributed by atoms with van der Waals surface area (Å²) >= 11 is 11.8. The normalized spacial score (nSPS) is 11.6. The highest BCUT2D eigenvalue weighted by molar-refractivity contribution is 6.35. The average Bonchev–Trinajstić information content (AvgIpc) is 2.33. The van der Waals surface area contributed by atoms with E-state index in [2.05, 4.69) is 24.1 Å². The standard InChI is InChI=1S/C12H19Cl2N3/c1-3-12(4-2,7-15)8-17-11-10(14)5-9(13)6-16-11/h5-6H,3-4,7-8,15H2,1-2H3,(H,16,17). The third kappa shape index (κ3) is 3.73. The van der Waals surface area contributed by atoms with Crippen LogP contribution in [0.25, 0.3) is 0 Å². The van der Waals surface area contributed by atoms with Crippen molar-refractivity contribution in [2.24, 2.45) is 11.1 Å². The highest BCUT2D eigenvalue weighted by atomic mass is 35.5. The molecule has 0 atom stereocenters. The van der Waals surface area contributed by atoms with Crippen LogP contribution in [0.3, 0.4) is 0 Å². The van der Waals surface area contributed by atoms with Gasteiger partial charge in [0.15, 0.2) is 0 Å². The van der Waals surface area contributed by atoms with Crippen molar-refractivity contribution in [3.8, 4) is 0 Å². The van der Waals surface area contributed by atoms with E-state index in [1.165, 1.54) is 0 Å². The van der Waals surface area contributed by atoms with Crippen LogP contribution in [0, 0.1) is 5.41 Å². The Morgan fingerprint density at radius 3 is 2.47 bits per heavy atom. The molecule has 0 saturated heterocycles. The minimum atomic E-state index is 0.102. The first-order valence-corrected chi connectivity index (χ1v) is 6.57. The van der Waals surface area contributed by atoms with Crippen LogP contribution in [-0.2, 0) is 0 Å². The number of pyridine rings is 1. The SMILES string of the molecule is CCC(CC)(CN)CNc1ncc(Cl)cc1Cl. The van der Waals surface area contributed by atoms with Gasteiger partial charge in [0, 0.05) is 12.7 Å². The van der Waals surface area contributed by atoms with Crippen molar-refractivity contribution < 1.29 is 0 Å². The number of nitrogens with two attached hydrogens (primary N) is 1. The average molecular weight is 276 g/mol. The van der Waals surface area contributed by atoms with Crippen LogP contribution < -0.4 is 11.1 Å². The van der Waals surface area contributed by atoms with Crippen molar-refractivity contribution in [2.75, 3.05) is 18.4 Å². The monoisotopic (exact) mass is 275 g/mol. The molecule has 0 amide bonds. The predicted octanol–water partition coefficient (Wildman–Crippen LogP) is 3.57. The van der Waals surface area contributed by atoms with Gasteiger partial charge < -0.3 is 11.1 Å². The van der Waals surface area contributed by atoms with E-state index in [1.54, 1.807) is 12.3 Å². The molecule has 5 heteroatoms. The van der Waals surface area contributed by atoms with Crippen molar-refractivity contribution in [3.63, 3.8) is 0 Å². The first-order valence-electron chi connectivity index (χ1n) is 5.82. The van der Waals surface area contributed by atoms with Gasteiger partial charge in [0.05, 0.1) is 10.0 Å². The van der Waals surface area contributed by atoms with Gasteiger partial charge in [-0.1, -0.05) is 37.0 Å². The highest BCUT2D eigenvalue weighted by Gasteiger charge is 2.24. The summed E-state index contributed by atoms with van der Waals surface area (Å²) in [6.45, 7) is 5.72. The molecule has 0 aliphatic heterocycles. The van der Waals surface area contributed by atoms with Gasteiger partial charge in [-0.25, -0.2) is 4.98 Å². The fourth-order valence-corrected chi connectivity index (χ4v) is 2.12. The molecule has 3 N–H and O–H groups in total. The number of anilines is 1. The van der Waals surface area contributed by atoms with Crippen molar-refractivity contribution >= 4 is 29.0 Å². The number of hydrogen-bond donors (Lipinski definition) is 2. The molecule has 0 aromatic carbocycles. The number of nitrogens with one attached hydrogen (secondary N) is 1. The van der Waals surface area contributed by atoms with Gasteiger partial charge in [-0.15, -0.1) is 0 Å². The summed E-state index contributed by atoms with van der Waals surface area (Å²) in [5.74, 6) is 0.663. The molecule has 0 aliphatic carbocycles. The molecular formula is C12H19Cl2N3. The molecular weight excluding hydrogens is 257 g/mol. The first-order chi connectivity index (χ1) is 8.06. The molecule has 0 bridgehead atoms. The van der Waals surface area contributed by atoms with Gasteiger partial charge in [0.2, 0.25) is 0 Å². The van der Waals surface area contributed by atoms with Crippen LogP contribution in [0.5, 0.6) is 0 Å². The second-order valence-electron chi connectivity index (χ2n) is 4.25. The quantitative estimate of drug-likeness (QED) is 0.835. The molecule has 17 heavy (non-hydrogen) atoms. The van der Waals surface area contributed by atoms with Crippen molar-refractivity contribution in [2.45, 2.75) is 26.7 Å². The summed E-state index contributed by atoms with van der Waals surface area (Å²) in [5.41, 5.74) is 5.94. The fraction of sp³-hybridized carbons (Fsp3) is 0.583. The maximum absolute atomic E-state index is 6.05. The van der Waals surface area contributed by atoms with E-state index in [4.69, 9.17) is 28.9 Å². The topological polar surface area (TPSA) is 50.9 Å². The number of rotatable bonds is 6. The Morgan fingerprint density at radius 1 is 1.35 bits per heavy atom. The highest BCUT2D eigenvalue weighted by Crippen LogP contribution is 2.27. The molecule has 0 aliphatic rings. The maximum Gasteiger partial charge on any atom is 0.144 e. The predicted molar refractivity (Wildman–Crippen MR) is 74.8 cm³/mol. The molecule has 0 saturated carbocycles. The zero-order chi connectivity index (χ0) is 12.9. The van der Waals surface area contributed by atoms with E-state index in [1.807, 2.05) is 0 Å². The van der Waals surface area contributed by atoms with E-state index in [0.29, 0.717) is 22.4 Å². The van der Waals surface area contributed by atoms with Gasteiger partial charge in [-0.2, -0.15) is 0 Å². The molecule has 1 rings (SSSR count). The number of halogens is 2. The Hall–Kier alpha value is -0.510. The van der Waals surface area contributed by atoms with Gasteiger partial charge in [0.25, 0.3) is 0 Å². The van der Waals surface area contributed by atoms with Crippen LogP contribution in [0.4, 0.5) is 5.82 Å². The van der Waals surface area contributed by atoms with Crippen LogP contribution in [0.2, 0.25) is 10.0 Å². The van der Waals surface area contributed by atoms with Crippen LogP contribution >= 0.6 is 23.2 Å². The van der Waals surface area contributed by atoms with Gasteiger partial charge in [-0.05, 0) is 30.9 Å². The van der Waals surface area contributed by atoms with Crippen molar-refractivity contribution in [1.29, 1.82) is 0 Å². The van der Waals surface area contributed by atoms with E-state index in [0.717, 1.165) is 19.4 Å². The Bertz CT molecular complexity index is 357. The molecule has 3 nitrogen and oxygen atoms in total. The number of hydrogen-bond acceptors (Lipinski definition) is 3. The van der Waals surface area contributed by atoms with E-state index in [9.17, 15) is 0 Å². The minimum Gasteiger partial charge on any atom is -0.368 e. The van der Waals surface area contributed by atoms with Gasteiger partial charge in [-0.3, -0.25) is 0 Å². The zero-order valence-corrected chi connectivity index (χ0v) is 11.8. The smallest absolute Gasteiger partial charge is 0.144 e. The zero-order valence-electron chi connectivity index (χ0n) is 10.3. The molecule has 1 heterocycles. The van der Waals surface area contributed by atoms with Gasteiger partial charge in [0.1, 0.15) is 5.82 Å². The number of aromatic nitrogens is 1. The molecule has 0 spiro atoms. The summed E-state index contributed by atoms with van der Waals surface area (Å²) in [4.78, 5) is 4.17. The van der Waals surface area contributed by atoms with E-state index in [-0.39, 0.29) is 5.41 Å². The Balaban J connectivity index is 2.72. The summed E-state index contributed by atoms with van der Waals surface area (Å²) in [5, 5.41) is 4.33. The third-order valence-corrected chi connectivity index (χ3v) is 3.87. The minimum absolute atomic E-state index is 0.102. The van der Waals surface area contributed by atoms with Crippen molar-refractivity contribution in [1.82, 2.24) is 4.98 Å². The van der Waals surface area contributed by atoms with Crippen molar-refractivity contribution in [3.05, 3.63) is 22.3 Å². The summed E-state index contributed by atoms with van der Waals surface area (Å²) in [6, 6.07) is 1.68. The molecule has 0 unspecified atom stereocenters. The lowest BCUT2D eigenvalue weighted by atomic mass is 9.82. The Morgan fingerprint density at radius 2 is 2.00 bits per heavy atom. The number of nitrogens with zero attached hydrogens (tertiary/aromatic N) is 1. The molecule has 0 radical (unpaired) electrons.